The zero-order chi connectivity index (χ0) is 25.9. The first-order chi connectivity index (χ1) is 18.0. The molecule has 5 rings (SSSR count). The lowest BCUT2D eigenvalue weighted by Crippen LogP contribution is -2.20. The van der Waals surface area contributed by atoms with E-state index in [4.69, 9.17) is 15.5 Å². The molecule has 6 nitrogen and oxygen atoms in total. The molecule has 0 radical (unpaired) electrons. The Bertz CT molecular complexity index is 1480. The predicted octanol–water partition coefficient (Wildman–Crippen LogP) is 6.62. The van der Waals surface area contributed by atoms with Crippen LogP contribution >= 0.6 is 11.3 Å². The largest absolute Gasteiger partial charge is 0.494 e. The highest BCUT2D eigenvalue weighted by Crippen LogP contribution is 2.41. The van der Waals surface area contributed by atoms with Crippen molar-refractivity contribution in [1.82, 2.24) is 4.98 Å². The smallest absolute Gasteiger partial charge is 0.257 e. The van der Waals surface area contributed by atoms with E-state index >= 15 is 0 Å². The van der Waals surface area contributed by atoms with Crippen LogP contribution in [0.1, 0.15) is 64.3 Å². The first-order valence-corrected chi connectivity index (χ1v) is 13.7. The van der Waals surface area contributed by atoms with Gasteiger partial charge >= 0.3 is 0 Å². The zero-order valence-corrected chi connectivity index (χ0v) is 22.0. The minimum absolute atomic E-state index is 0.285. The number of para-hydroxylation sites is 1. The Morgan fingerprint density at radius 2 is 1.97 bits per heavy atom. The molecular weight excluding hydrogens is 482 g/mol. The fourth-order valence-electron chi connectivity index (χ4n) is 5.25. The van der Waals surface area contributed by atoms with Crippen molar-refractivity contribution in [3.05, 3.63) is 76.2 Å². The molecule has 7 heteroatoms. The maximum atomic E-state index is 13.7. The van der Waals surface area contributed by atoms with Gasteiger partial charge in [-0.2, -0.15) is 0 Å². The van der Waals surface area contributed by atoms with Crippen molar-refractivity contribution in [1.29, 1.82) is 0 Å². The second kappa shape index (κ2) is 10.7. The summed E-state index contributed by atoms with van der Waals surface area (Å²) in [6.45, 7) is 4.70. The van der Waals surface area contributed by atoms with Crippen molar-refractivity contribution < 1.29 is 14.3 Å². The summed E-state index contributed by atoms with van der Waals surface area (Å²) >= 11 is 1.49. The number of fused-ring (bicyclic) bond motifs is 2. The number of benzene rings is 2. The third-order valence-electron chi connectivity index (χ3n) is 6.94. The zero-order valence-electron chi connectivity index (χ0n) is 21.2. The molecule has 1 aliphatic carbocycles. The van der Waals surface area contributed by atoms with Gasteiger partial charge in [-0.05, 0) is 61.9 Å². The average Bonchev–Trinajstić information content (AvgIpc) is 3.25. The molecule has 0 fully saturated rings. The molecule has 4 aromatic rings. The molecule has 2 amide bonds. The van der Waals surface area contributed by atoms with E-state index in [9.17, 15) is 9.59 Å². The highest BCUT2D eigenvalue weighted by molar-refractivity contribution is 7.17. The number of pyridine rings is 1. The molecule has 3 N–H and O–H groups in total. The molecule has 0 saturated carbocycles. The Kier molecular flexibility index (Phi) is 7.24. The fourth-order valence-corrected chi connectivity index (χ4v) is 6.61. The molecule has 1 atom stereocenters. The van der Waals surface area contributed by atoms with E-state index in [0.29, 0.717) is 34.3 Å². The molecular formula is C30H31N3O3S. The minimum Gasteiger partial charge on any atom is -0.494 e. The van der Waals surface area contributed by atoms with Crippen LogP contribution in [0.2, 0.25) is 0 Å². The quantitative estimate of drug-likeness (QED) is 0.277. The molecule has 1 unspecified atom stereocenters. The third-order valence-corrected chi connectivity index (χ3v) is 8.11. The summed E-state index contributed by atoms with van der Waals surface area (Å²) < 4.78 is 5.66. The van der Waals surface area contributed by atoms with E-state index in [1.807, 2.05) is 55.5 Å². The lowest BCUT2D eigenvalue weighted by Gasteiger charge is -2.21. The van der Waals surface area contributed by atoms with Crippen molar-refractivity contribution in [3.63, 3.8) is 0 Å². The lowest BCUT2D eigenvalue weighted by molar-refractivity contribution is 0.1000. The van der Waals surface area contributed by atoms with Crippen molar-refractivity contribution in [3.8, 4) is 17.0 Å². The number of thiophene rings is 1. The second-order valence-corrected chi connectivity index (χ2v) is 10.6. The number of aromatic nitrogens is 1. The number of hydrogen-bond donors (Lipinski definition) is 2. The van der Waals surface area contributed by atoms with Gasteiger partial charge in [0.1, 0.15) is 10.8 Å². The first-order valence-electron chi connectivity index (χ1n) is 12.9. The van der Waals surface area contributed by atoms with E-state index < -0.39 is 5.91 Å². The molecule has 2 aromatic carbocycles. The lowest BCUT2D eigenvalue weighted by atomic mass is 9.84. The Morgan fingerprint density at radius 1 is 1.14 bits per heavy atom. The second-order valence-electron chi connectivity index (χ2n) is 9.46. The average molecular weight is 514 g/mol. The van der Waals surface area contributed by atoms with Gasteiger partial charge in [0.15, 0.2) is 0 Å². The Hall–Kier alpha value is -3.71. The third kappa shape index (κ3) is 5.09. The Balaban J connectivity index is 1.53. The van der Waals surface area contributed by atoms with Crippen molar-refractivity contribution >= 4 is 39.1 Å². The van der Waals surface area contributed by atoms with Crippen LogP contribution in [0.15, 0.2) is 54.6 Å². The number of anilines is 1. The summed E-state index contributed by atoms with van der Waals surface area (Å²) in [6.07, 6.45) is 5.11. The number of carbonyl (C=O) groups excluding carboxylic acids is 2. The number of rotatable bonds is 8. The molecule has 0 spiro atoms. The van der Waals surface area contributed by atoms with E-state index in [1.165, 1.54) is 22.6 Å². The number of primary amides is 1. The minimum atomic E-state index is -0.491. The number of nitrogens with zero attached hydrogens (tertiary/aromatic N) is 1. The summed E-state index contributed by atoms with van der Waals surface area (Å²) in [6, 6.07) is 17.1. The van der Waals surface area contributed by atoms with Gasteiger partial charge in [-0.25, -0.2) is 4.98 Å². The number of hydrogen-bond acceptors (Lipinski definition) is 5. The molecule has 0 aliphatic heterocycles. The summed E-state index contributed by atoms with van der Waals surface area (Å²) in [5, 5.41) is 4.33. The fraction of sp³-hybridized carbons (Fsp3) is 0.300. The van der Waals surface area contributed by atoms with Crippen molar-refractivity contribution in [2.45, 2.75) is 46.0 Å². The molecule has 0 saturated heterocycles. The first kappa shape index (κ1) is 25.0. The van der Waals surface area contributed by atoms with Crippen LogP contribution in [0, 0.1) is 5.92 Å². The molecule has 1 aliphatic rings. The summed E-state index contributed by atoms with van der Waals surface area (Å²) in [4.78, 5) is 32.2. The van der Waals surface area contributed by atoms with E-state index in [1.54, 1.807) is 6.07 Å². The van der Waals surface area contributed by atoms with Gasteiger partial charge in [-0.1, -0.05) is 50.1 Å². The molecule has 2 heterocycles. The highest BCUT2D eigenvalue weighted by Gasteiger charge is 2.29. The van der Waals surface area contributed by atoms with Gasteiger partial charge < -0.3 is 15.8 Å². The summed E-state index contributed by atoms with van der Waals surface area (Å²) in [7, 11) is 0. The van der Waals surface area contributed by atoms with Crippen LogP contribution in [0.25, 0.3) is 22.2 Å². The van der Waals surface area contributed by atoms with Crippen molar-refractivity contribution in [2.75, 3.05) is 11.9 Å². The molecule has 2 aromatic heterocycles. The van der Waals surface area contributed by atoms with Gasteiger partial charge in [0.25, 0.3) is 11.8 Å². The maximum absolute atomic E-state index is 13.7. The van der Waals surface area contributed by atoms with Crippen molar-refractivity contribution in [2.24, 2.45) is 11.7 Å². The van der Waals surface area contributed by atoms with Gasteiger partial charge in [0, 0.05) is 15.8 Å². The van der Waals surface area contributed by atoms with Gasteiger partial charge in [-0.15, -0.1) is 11.3 Å². The van der Waals surface area contributed by atoms with E-state index in [-0.39, 0.29) is 5.91 Å². The van der Waals surface area contributed by atoms with Crippen LogP contribution in [-0.2, 0) is 12.8 Å². The predicted molar refractivity (Wildman–Crippen MR) is 150 cm³/mol. The number of carbonyl (C=O) groups is 2. The topological polar surface area (TPSA) is 94.3 Å². The Morgan fingerprint density at radius 3 is 2.76 bits per heavy atom. The van der Waals surface area contributed by atoms with E-state index in [0.717, 1.165) is 53.5 Å². The number of ether oxygens (including phenoxy) is 1. The number of nitrogens with one attached hydrogen (secondary N) is 1. The highest BCUT2D eigenvalue weighted by atomic mass is 32.1. The number of amides is 2. The van der Waals surface area contributed by atoms with Gasteiger partial charge in [0.2, 0.25) is 0 Å². The molecule has 37 heavy (non-hydrogen) atoms. The standard InChI is InChI=1S/C30H31N3O3S/c1-3-8-18-13-14-22-26(15-18)37-30(27(22)28(31)34)33-29(35)23-17-25(32-24-12-6-5-11-21(23)24)19-9-7-10-20(16-19)36-4-2/h5-7,9-12,16-18H,3-4,8,13-15H2,1-2H3,(H2,31,34)(H,33,35). The van der Waals surface area contributed by atoms with Crippen LogP contribution in [0.3, 0.4) is 0 Å². The molecule has 0 bridgehead atoms. The normalized spacial score (nSPS) is 14.8. The monoisotopic (exact) mass is 513 g/mol. The number of nitrogens with two attached hydrogens (primary N) is 1. The van der Waals surface area contributed by atoms with Gasteiger partial charge in [-0.3, -0.25) is 9.59 Å². The summed E-state index contributed by atoms with van der Waals surface area (Å²) in [5.41, 5.74) is 10.0. The van der Waals surface area contributed by atoms with Crippen LogP contribution in [-0.4, -0.2) is 23.4 Å². The van der Waals surface area contributed by atoms with Crippen LogP contribution < -0.4 is 15.8 Å². The van der Waals surface area contributed by atoms with Gasteiger partial charge in [0.05, 0.1) is 28.9 Å². The van der Waals surface area contributed by atoms with E-state index in [2.05, 4.69) is 12.2 Å². The summed E-state index contributed by atoms with van der Waals surface area (Å²) in [5.74, 6) is 0.582. The maximum Gasteiger partial charge on any atom is 0.257 e. The van der Waals surface area contributed by atoms with Crippen LogP contribution in [0.4, 0.5) is 5.00 Å². The molecule has 190 valence electrons. The Labute approximate surface area is 220 Å². The van der Waals surface area contributed by atoms with Crippen LogP contribution in [0.5, 0.6) is 5.75 Å². The SMILES string of the molecule is CCCC1CCc2c(sc(NC(=O)c3cc(-c4cccc(OCC)c4)nc4ccccc34)c2C(N)=O)C1.